The molecule has 0 saturated heterocycles. The van der Waals surface area contributed by atoms with Crippen LogP contribution in [0.1, 0.15) is 56.4 Å². The first-order valence-corrected chi connectivity index (χ1v) is 7.89. The van der Waals surface area contributed by atoms with E-state index in [-0.39, 0.29) is 16.0 Å². The van der Waals surface area contributed by atoms with Crippen LogP contribution in [0.3, 0.4) is 0 Å². The molecule has 1 aliphatic rings. The zero-order valence-corrected chi connectivity index (χ0v) is 14.5. The third-order valence-electron chi connectivity index (χ3n) is 3.86. The third-order valence-corrected chi connectivity index (χ3v) is 5.53. The molecule has 0 aromatic carbocycles. The summed E-state index contributed by atoms with van der Waals surface area (Å²) in [5.41, 5.74) is 2.43. The van der Waals surface area contributed by atoms with Crippen LogP contribution in [0.5, 0.6) is 0 Å². The molecule has 19 heavy (non-hydrogen) atoms. The van der Waals surface area contributed by atoms with Crippen LogP contribution in [0.15, 0.2) is 0 Å². The zero-order valence-electron chi connectivity index (χ0n) is 12.3. The Bertz CT molecular complexity index is 502. The fourth-order valence-corrected chi connectivity index (χ4v) is 4.64. The van der Waals surface area contributed by atoms with Gasteiger partial charge >= 0.3 is 0 Å². The van der Waals surface area contributed by atoms with Crippen molar-refractivity contribution in [2.75, 3.05) is 0 Å². The normalized spacial score (nSPS) is 31.6. The standard InChI is InChI=1S/C14H21FIN3/c1-7(2)19-13(16)8(3)11-9(4)17-10(5)18-12(11)14(19,6)15/h7-8,13H,1-6H3. The highest BCUT2D eigenvalue weighted by atomic mass is 127. The first-order chi connectivity index (χ1) is 8.67. The summed E-state index contributed by atoms with van der Waals surface area (Å²) < 4.78 is 15.5. The first-order valence-electron chi connectivity index (χ1n) is 6.65. The van der Waals surface area contributed by atoms with Gasteiger partial charge in [-0.25, -0.2) is 14.4 Å². The van der Waals surface area contributed by atoms with Gasteiger partial charge in [-0.3, -0.25) is 4.90 Å². The van der Waals surface area contributed by atoms with Crippen LogP contribution in [-0.4, -0.2) is 25.0 Å². The Labute approximate surface area is 128 Å². The number of alkyl halides is 2. The van der Waals surface area contributed by atoms with Crippen molar-refractivity contribution in [3.05, 3.63) is 22.8 Å². The SMILES string of the molecule is Cc1nc(C)c2c(n1)C(C)(F)N(C(C)C)C(I)C2C. The molecule has 0 fully saturated rings. The van der Waals surface area contributed by atoms with E-state index in [2.05, 4.69) is 39.5 Å². The molecule has 1 aliphatic heterocycles. The van der Waals surface area contributed by atoms with E-state index in [9.17, 15) is 0 Å². The summed E-state index contributed by atoms with van der Waals surface area (Å²) in [5.74, 6) is -0.675. The molecule has 2 rings (SSSR count). The summed E-state index contributed by atoms with van der Waals surface area (Å²) in [6, 6.07) is 0.128. The van der Waals surface area contributed by atoms with Crippen LogP contribution in [0.25, 0.3) is 0 Å². The predicted molar refractivity (Wildman–Crippen MR) is 83.2 cm³/mol. The summed E-state index contributed by atoms with van der Waals surface area (Å²) in [7, 11) is 0. The van der Waals surface area contributed by atoms with Crippen LogP contribution >= 0.6 is 22.6 Å². The maximum atomic E-state index is 15.4. The van der Waals surface area contributed by atoms with Gasteiger partial charge in [0, 0.05) is 23.2 Å². The summed E-state index contributed by atoms with van der Waals surface area (Å²) in [5, 5.41) is 0. The fraction of sp³-hybridized carbons (Fsp3) is 0.714. The van der Waals surface area contributed by atoms with E-state index >= 15 is 4.39 Å². The molecule has 3 nitrogen and oxygen atoms in total. The number of aryl methyl sites for hydroxylation is 2. The van der Waals surface area contributed by atoms with Gasteiger partial charge in [-0.2, -0.15) is 0 Å². The molecule has 0 saturated carbocycles. The molecule has 0 N–H and O–H groups in total. The van der Waals surface area contributed by atoms with E-state index in [1.54, 1.807) is 6.92 Å². The molecule has 0 amide bonds. The second kappa shape index (κ2) is 4.91. The molecule has 5 heteroatoms. The first kappa shape index (κ1) is 15.1. The smallest absolute Gasteiger partial charge is 0.205 e. The fourth-order valence-electron chi connectivity index (χ4n) is 3.12. The molecular weight excluding hydrogens is 356 g/mol. The summed E-state index contributed by atoms with van der Waals surface area (Å²) in [6.45, 7) is 11.6. The van der Waals surface area contributed by atoms with Gasteiger partial charge in [0.05, 0.1) is 9.74 Å². The van der Waals surface area contributed by atoms with Crippen molar-refractivity contribution in [2.45, 2.75) is 63.3 Å². The lowest BCUT2D eigenvalue weighted by Gasteiger charge is -2.48. The van der Waals surface area contributed by atoms with Crippen LogP contribution in [0.4, 0.5) is 4.39 Å². The maximum absolute atomic E-state index is 15.4. The van der Waals surface area contributed by atoms with E-state index in [0.717, 1.165) is 11.3 Å². The van der Waals surface area contributed by atoms with Crippen molar-refractivity contribution in [1.82, 2.24) is 14.9 Å². The Hall–Kier alpha value is -0.300. The van der Waals surface area contributed by atoms with Crippen LogP contribution in [0, 0.1) is 13.8 Å². The molecule has 1 aromatic rings. The third kappa shape index (κ3) is 2.28. The summed E-state index contributed by atoms with van der Waals surface area (Å²) in [4.78, 5) is 10.7. The molecular formula is C14H21FIN3. The maximum Gasteiger partial charge on any atom is 0.205 e. The number of nitrogens with zero attached hydrogens (tertiary/aromatic N) is 3. The van der Waals surface area contributed by atoms with Crippen molar-refractivity contribution in [3.8, 4) is 0 Å². The lowest BCUT2D eigenvalue weighted by molar-refractivity contribution is -0.0688. The highest BCUT2D eigenvalue weighted by Gasteiger charge is 2.49. The van der Waals surface area contributed by atoms with Crippen molar-refractivity contribution in [2.24, 2.45) is 0 Å². The molecule has 3 unspecified atom stereocenters. The van der Waals surface area contributed by atoms with Gasteiger partial charge in [-0.05, 0) is 34.6 Å². The number of aromatic nitrogens is 2. The number of hydrogen-bond acceptors (Lipinski definition) is 3. The lowest BCUT2D eigenvalue weighted by atomic mass is 9.87. The van der Waals surface area contributed by atoms with E-state index < -0.39 is 5.79 Å². The predicted octanol–water partition coefficient (Wildman–Crippen LogP) is 3.82. The van der Waals surface area contributed by atoms with Gasteiger partial charge in [0.2, 0.25) is 5.79 Å². The molecule has 2 heterocycles. The van der Waals surface area contributed by atoms with E-state index in [1.807, 2.05) is 32.6 Å². The van der Waals surface area contributed by atoms with Gasteiger partial charge in [0.15, 0.2) is 0 Å². The molecule has 1 aromatic heterocycles. The average Bonchev–Trinajstić information content (AvgIpc) is 2.24. The van der Waals surface area contributed by atoms with Crippen LogP contribution in [0.2, 0.25) is 0 Å². The molecule has 0 spiro atoms. The Balaban J connectivity index is 2.71. The van der Waals surface area contributed by atoms with E-state index in [4.69, 9.17) is 0 Å². The van der Waals surface area contributed by atoms with Gasteiger partial charge in [0.1, 0.15) is 5.82 Å². The number of hydrogen-bond donors (Lipinski definition) is 0. The summed E-state index contributed by atoms with van der Waals surface area (Å²) in [6.07, 6.45) is 0. The van der Waals surface area contributed by atoms with Crippen molar-refractivity contribution < 1.29 is 4.39 Å². The zero-order chi connectivity index (χ0) is 14.5. The summed E-state index contributed by atoms with van der Waals surface area (Å²) >= 11 is 2.34. The van der Waals surface area contributed by atoms with Crippen molar-refractivity contribution in [1.29, 1.82) is 0 Å². The lowest BCUT2D eigenvalue weighted by Crippen LogP contribution is -2.54. The van der Waals surface area contributed by atoms with Gasteiger partial charge in [-0.15, -0.1) is 0 Å². The van der Waals surface area contributed by atoms with Crippen molar-refractivity contribution >= 4 is 22.6 Å². The van der Waals surface area contributed by atoms with Crippen LogP contribution < -0.4 is 0 Å². The number of fused-ring (bicyclic) bond motifs is 1. The second-order valence-electron chi connectivity index (χ2n) is 5.73. The minimum absolute atomic E-state index is 0.102. The Kier molecular flexibility index (Phi) is 3.90. The minimum atomic E-state index is -1.54. The average molecular weight is 377 g/mol. The minimum Gasteiger partial charge on any atom is -0.251 e. The van der Waals surface area contributed by atoms with Gasteiger partial charge in [0.25, 0.3) is 0 Å². The Morgan fingerprint density at radius 1 is 1.32 bits per heavy atom. The van der Waals surface area contributed by atoms with Gasteiger partial charge < -0.3 is 0 Å². The second-order valence-corrected chi connectivity index (χ2v) is 7.01. The molecule has 0 bridgehead atoms. The van der Waals surface area contributed by atoms with E-state index in [1.165, 1.54) is 0 Å². The highest BCUT2D eigenvalue weighted by molar-refractivity contribution is 14.1. The van der Waals surface area contributed by atoms with Gasteiger partial charge in [-0.1, -0.05) is 29.5 Å². The Morgan fingerprint density at radius 3 is 2.42 bits per heavy atom. The Morgan fingerprint density at radius 2 is 1.89 bits per heavy atom. The molecule has 106 valence electrons. The largest absolute Gasteiger partial charge is 0.251 e. The van der Waals surface area contributed by atoms with Crippen LogP contribution in [-0.2, 0) is 5.79 Å². The number of halogens is 2. The molecule has 0 radical (unpaired) electrons. The molecule has 0 aliphatic carbocycles. The van der Waals surface area contributed by atoms with Crippen molar-refractivity contribution in [3.63, 3.8) is 0 Å². The highest BCUT2D eigenvalue weighted by Crippen LogP contribution is 2.47. The monoisotopic (exact) mass is 377 g/mol. The quantitative estimate of drug-likeness (QED) is 0.423. The topological polar surface area (TPSA) is 29.0 Å². The molecule has 3 atom stereocenters. The number of rotatable bonds is 1. The van der Waals surface area contributed by atoms with E-state index in [0.29, 0.717) is 11.5 Å².